The molecule has 27 heavy (non-hydrogen) atoms. The summed E-state index contributed by atoms with van der Waals surface area (Å²) in [4.78, 5) is 23.9. The molecule has 0 unspecified atom stereocenters. The van der Waals surface area contributed by atoms with E-state index < -0.39 is 17.3 Å². The Balaban J connectivity index is 1.92. The van der Waals surface area contributed by atoms with Crippen molar-refractivity contribution in [3.8, 4) is 11.5 Å². The van der Waals surface area contributed by atoms with Crippen LogP contribution in [0.3, 0.4) is 0 Å². The zero-order valence-electron chi connectivity index (χ0n) is 14.6. The van der Waals surface area contributed by atoms with Crippen LogP contribution in [-0.4, -0.2) is 26.0 Å². The van der Waals surface area contributed by atoms with E-state index in [1.807, 2.05) is 6.07 Å². The predicted molar refractivity (Wildman–Crippen MR) is 95.7 cm³/mol. The molecule has 0 amide bonds. The van der Waals surface area contributed by atoms with Crippen molar-refractivity contribution in [1.82, 2.24) is 0 Å². The first-order valence-electron chi connectivity index (χ1n) is 7.97. The molecule has 0 spiro atoms. The molecule has 0 bridgehead atoms. The lowest BCUT2D eigenvalue weighted by Crippen LogP contribution is -2.28. The van der Waals surface area contributed by atoms with Gasteiger partial charge in [-0.3, -0.25) is 4.79 Å². The maximum atomic E-state index is 12.5. The van der Waals surface area contributed by atoms with Crippen LogP contribution in [0.25, 0.3) is 6.08 Å². The van der Waals surface area contributed by atoms with Crippen LogP contribution >= 0.6 is 0 Å². The van der Waals surface area contributed by atoms with E-state index in [9.17, 15) is 14.7 Å². The maximum absolute atomic E-state index is 12.5. The van der Waals surface area contributed by atoms with E-state index in [0.717, 1.165) is 0 Å². The van der Waals surface area contributed by atoms with E-state index in [4.69, 9.17) is 14.2 Å². The molecule has 1 aliphatic rings. The third kappa shape index (κ3) is 3.77. The third-order valence-electron chi connectivity index (χ3n) is 3.83. The minimum absolute atomic E-state index is 0.139. The standard InChI is InChI=1S/C20H17NO6/c1-25-14-9-8-12(10-15(14)26-2)11-16-18(22)17(20(23)24)19(27-16)21-13-6-4-3-5-7-13/h3-11,21H,1-2H3,(H,23,24)/p-1/b16-11-. The molecule has 138 valence electrons. The van der Waals surface area contributed by atoms with Gasteiger partial charge in [0.2, 0.25) is 11.7 Å². The molecule has 2 aromatic carbocycles. The lowest BCUT2D eigenvalue weighted by molar-refractivity contribution is -0.298. The van der Waals surface area contributed by atoms with Crippen molar-refractivity contribution < 1.29 is 28.9 Å². The number of allylic oxidation sites excluding steroid dienone is 1. The number of methoxy groups -OCH3 is 2. The summed E-state index contributed by atoms with van der Waals surface area (Å²) in [5.74, 6) is -1.72. The highest BCUT2D eigenvalue weighted by molar-refractivity contribution is 6.25. The van der Waals surface area contributed by atoms with Gasteiger partial charge in [0.25, 0.3) is 0 Å². The number of Topliss-reactive ketones (excluding diaryl/α,β-unsaturated/α-hetero) is 1. The number of hydrogen-bond donors (Lipinski definition) is 1. The summed E-state index contributed by atoms with van der Waals surface area (Å²) in [5, 5.41) is 14.2. The van der Waals surface area contributed by atoms with Crippen molar-refractivity contribution in [1.29, 1.82) is 0 Å². The Morgan fingerprint density at radius 3 is 2.41 bits per heavy atom. The van der Waals surface area contributed by atoms with Crippen LogP contribution in [0.15, 0.2) is 65.7 Å². The van der Waals surface area contributed by atoms with Crippen LogP contribution in [0.1, 0.15) is 5.56 Å². The van der Waals surface area contributed by atoms with Gasteiger partial charge in [-0.1, -0.05) is 24.3 Å². The van der Waals surface area contributed by atoms with Crippen LogP contribution in [0, 0.1) is 0 Å². The van der Waals surface area contributed by atoms with Crippen molar-refractivity contribution in [3.63, 3.8) is 0 Å². The first-order valence-corrected chi connectivity index (χ1v) is 7.97. The topological polar surface area (TPSA) is 96.9 Å². The number of benzene rings is 2. The van der Waals surface area contributed by atoms with Crippen molar-refractivity contribution in [2.24, 2.45) is 0 Å². The molecule has 0 fully saturated rings. The number of para-hydroxylation sites is 1. The number of rotatable bonds is 6. The highest BCUT2D eigenvalue weighted by Crippen LogP contribution is 2.31. The Morgan fingerprint density at radius 1 is 1.07 bits per heavy atom. The molecule has 7 heteroatoms. The van der Waals surface area contributed by atoms with Crippen LogP contribution < -0.4 is 19.9 Å². The summed E-state index contributed by atoms with van der Waals surface area (Å²) >= 11 is 0. The number of carbonyl (C=O) groups is 2. The van der Waals surface area contributed by atoms with Gasteiger partial charge in [0.15, 0.2) is 17.3 Å². The van der Waals surface area contributed by atoms with Gasteiger partial charge < -0.3 is 29.4 Å². The first kappa shape index (κ1) is 18.1. The molecule has 0 radical (unpaired) electrons. The number of ether oxygens (including phenoxy) is 3. The largest absolute Gasteiger partial charge is 0.544 e. The second-order valence-electron chi connectivity index (χ2n) is 5.54. The molecule has 0 aliphatic carbocycles. The fourth-order valence-electron chi connectivity index (χ4n) is 2.55. The third-order valence-corrected chi connectivity index (χ3v) is 3.83. The van der Waals surface area contributed by atoms with Gasteiger partial charge in [-0.15, -0.1) is 0 Å². The van der Waals surface area contributed by atoms with Gasteiger partial charge in [0.05, 0.1) is 20.2 Å². The van der Waals surface area contributed by atoms with Gasteiger partial charge in [-0.25, -0.2) is 0 Å². The number of anilines is 1. The molecule has 1 N–H and O–H groups in total. The zero-order chi connectivity index (χ0) is 19.4. The van der Waals surface area contributed by atoms with Crippen LogP contribution in [-0.2, 0) is 14.3 Å². The quantitative estimate of drug-likeness (QED) is 0.614. The van der Waals surface area contributed by atoms with Crippen molar-refractivity contribution in [2.75, 3.05) is 19.5 Å². The Labute approximate surface area is 155 Å². The average Bonchev–Trinajstić information content (AvgIpc) is 2.97. The highest BCUT2D eigenvalue weighted by Gasteiger charge is 2.31. The van der Waals surface area contributed by atoms with Gasteiger partial charge >= 0.3 is 0 Å². The highest BCUT2D eigenvalue weighted by atomic mass is 16.5. The number of hydrogen-bond acceptors (Lipinski definition) is 7. The fourth-order valence-corrected chi connectivity index (χ4v) is 2.55. The molecule has 0 aromatic heterocycles. The fraction of sp³-hybridized carbons (Fsp3) is 0.100. The van der Waals surface area contributed by atoms with E-state index in [-0.39, 0.29) is 11.6 Å². The maximum Gasteiger partial charge on any atom is 0.235 e. The van der Waals surface area contributed by atoms with Gasteiger partial charge in [-0.2, -0.15) is 0 Å². The second kappa shape index (κ2) is 7.65. The van der Waals surface area contributed by atoms with Crippen LogP contribution in [0.2, 0.25) is 0 Å². The first-order chi connectivity index (χ1) is 13.0. The average molecular weight is 366 g/mol. The van der Waals surface area contributed by atoms with Crippen molar-refractivity contribution >= 4 is 23.5 Å². The molecule has 1 aliphatic heterocycles. The number of carbonyl (C=O) groups excluding carboxylic acids is 2. The number of aliphatic carboxylic acids is 1. The van der Waals surface area contributed by atoms with Crippen LogP contribution in [0.5, 0.6) is 11.5 Å². The van der Waals surface area contributed by atoms with E-state index >= 15 is 0 Å². The number of carboxylic acid groups (broad SMARTS) is 1. The SMILES string of the molecule is COc1ccc(/C=C2\OC(Nc3ccccc3)=C(C(=O)[O-])C2=O)cc1OC. The Bertz CT molecular complexity index is 946. The van der Waals surface area contributed by atoms with E-state index in [0.29, 0.717) is 22.7 Å². The lowest BCUT2D eigenvalue weighted by atomic mass is 10.1. The van der Waals surface area contributed by atoms with E-state index in [1.165, 1.54) is 20.3 Å². The van der Waals surface area contributed by atoms with Crippen molar-refractivity contribution in [2.45, 2.75) is 0 Å². The molecule has 3 rings (SSSR count). The van der Waals surface area contributed by atoms with Gasteiger partial charge in [-0.05, 0) is 35.9 Å². The molecule has 0 saturated heterocycles. The molecular formula is C20H16NO6-. The second-order valence-corrected chi connectivity index (χ2v) is 5.54. The Kier molecular flexibility index (Phi) is 5.12. The minimum Gasteiger partial charge on any atom is -0.544 e. The lowest BCUT2D eigenvalue weighted by Gasteiger charge is -2.09. The normalized spacial score (nSPS) is 14.9. The Morgan fingerprint density at radius 2 is 1.78 bits per heavy atom. The molecule has 7 nitrogen and oxygen atoms in total. The number of carboxylic acids is 1. The smallest absolute Gasteiger partial charge is 0.235 e. The van der Waals surface area contributed by atoms with Crippen LogP contribution in [0.4, 0.5) is 5.69 Å². The summed E-state index contributed by atoms with van der Waals surface area (Å²) in [5.41, 5.74) is 0.589. The monoisotopic (exact) mass is 366 g/mol. The summed E-state index contributed by atoms with van der Waals surface area (Å²) in [6, 6.07) is 13.8. The zero-order valence-corrected chi connectivity index (χ0v) is 14.6. The molecule has 2 aromatic rings. The summed E-state index contributed by atoms with van der Waals surface area (Å²) < 4.78 is 15.9. The van der Waals surface area contributed by atoms with E-state index in [1.54, 1.807) is 42.5 Å². The van der Waals surface area contributed by atoms with Crippen molar-refractivity contribution in [3.05, 3.63) is 71.3 Å². The minimum atomic E-state index is -1.62. The van der Waals surface area contributed by atoms with Gasteiger partial charge in [0.1, 0.15) is 5.57 Å². The molecule has 1 heterocycles. The summed E-state index contributed by atoms with van der Waals surface area (Å²) in [6.07, 6.45) is 1.42. The number of ketones is 1. The Hall–Kier alpha value is -3.74. The molecular weight excluding hydrogens is 350 g/mol. The summed E-state index contributed by atoms with van der Waals surface area (Å²) in [6.45, 7) is 0. The molecule has 0 atom stereocenters. The molecule has 0 saturated carbocycles. The number of nitrogens with one attached hydrogen (secondary N) is 1. The summed E-state index contributed by atoms with van der Waals surface area (Å²) in [7, 11) is 3.00. The predicted octanol–water partition coefficient (Wildman–Crippen LogP) is 1.72. The van der Waals surface area contributed by atoms with E-state index in [2.05, 4.69) is 5.32 Å². The van der Waals surface area contributed by atoms with Gasteiger partial charge in [0, 0.05) is 5.69 Å².